The lowest BCUT2D eigenvalue weighted by Gasteiger charge is -2.08. The molecule has 1 amide bonds. The van der Waals surface area contributed by atoms with Crippen molar-refractivity contribution < 1.29 is 17.9 Å². The highest BCUT2D eigenvalue weighted by Crippen LogP contribution is 2.15. The Hall–Kier alpha value is -1.11. The molecule has 0 spiro atoms. The summed E-state index contributed by atoms with van der Waals surface area (Å²) in [4.78, 5) is 11.7. The average Bonchev–Trinajstić information content (AvgIpc) is 2.37. The van der Waals surface area contributed by atoms with Crippen molar-refractivity contribution in [3.63, 3.8) is 0 Å². The number of benzene rings is 1. The zero-order chi connectivity index (χ0) is 15.2. The standard InChI is InChI=1S/C13H18ClNO4S/c1-10(2)9-19-8-7-15-13(16)11-3-5-12(6-4-11)20(14,17)18/h3-6,10H,7-9H2,1-2H3,(H,15,16). The minimum Gasteiger partial charge on any atom is -0.379 e. The lowest BCUT2D eigenvalue weighted by Crippen LogP contribution is -2.27. The predicted octanol–water partition coefficient (Wildman–Crippen LogP) is 2.02. The Morgan fingerprint density at radius 1 is 1.30 bits per heavy atom. The Morgan fingerprint density at radius 2 is 1.90 bits per heavy atom. The first kappa shape index (κ1) is 16.9. The highest BCUT2D eigenvalue weighted by molar-refractivity contribution is 8.13. The van der Waals surface area contributed by atoms with Gasteiger partial charge in [-0.15, -0.1) is 0 Å². The molecule has 1 aromatic rings. The maximum atomic E-state index is 11.8. The van der Waals surface area contributed by atoms with Gasteiger partial charge >= 0.3 is 0 Å². The molecule has 1 rings (SSSR count). The molecule has 1 aromatic carbocycles. The molecule has 0 saturated heterocycles. The Balaban J connectivity index is 2.44. The van der Waals surface area contributed by atoms with Gasteiger partial charge in [-0.3, -0.25) is 4.79 Å². The van der Waals surface area contributed by atoms with Gasteiger partial charge in [0.25, 0.3) is 15.0 Å². The number of hydrogen-bond acceptors (Lipinski definition) is 4. The van der Waals surface area contributed by atoms with Crippen LogP contribution in [0.15, 0.2) is 29.2 Å². The molecule has 0 radical (unpaired) electrons. The zero-order valence-corrected chi connectivity index (χ0v) is 13.0. The Bertz CT molecular complexity index is 540. The molecule has 0 atom stereocenters. The predicted molar refractivity (Wildman–Crippen MR) is 77.5 cm³/mol. The summed E-state index contributed by atoms with van der Waals surface area (Å²) >= 11 is 0. The molecule has 0 aromatic heterocycles. The van der Waals surface area contributed by atoms with Gasteiger partial charge in [0.2, 0.25) is 0 Å². The van der Waals surface area contributed by atoms with Crippen molar-refractivity contribution in [2.24, 2.45) is 5.92 Å². The van der Waals surface area contributed by atoms with Crippen LogP contribution in [0.2, 0.25) is 0 Å². The van der Waals surface area contributed by atoms with Crippen molar-refractivity contribution in [3.05, 3.63) is 29.8 Å². The molecule has 1 N–H and O–H groups in total. The van der Waals surface area contributed by atoms with Crippen molar-refractivity contribution >= 4 is 25.6 Å². The Kier molecular flexibility index (Phi) is 6.45. The van der Waals surface area contributed by atoms with Gasteiger partial charge in [-0.1, -0.05) is 13.8 Å². The van der Waals surface area contributed by atoms with E-state index in [2.05, 4.69) is 5.32 Å². The van der Waals surface area contributed by atoms with Gasteiger partial charge in [0.15, 0.2) is 0 Å². The fourth-order valence-corrected chi connectivity index (χ4v) is 2.20. The van der Waals surface area contributed by atoms with Crippen molar-refractivity contribution in [1.82, 2.24) is 5.32 Å². The number of hydrogen-bond donors (Lipinski definition) is 1. The summed E-state index contributed by atoms with van der Waals surface area (Å²) in [6.07, 6.45) is 0. The molecule has 0 aliphatic carbocycles. The van der Waals surface area contributed by atoms with Crippen LogP contribution < -0.4 is 5.32 Å². The number of carbonyl (C=O) groups excluding carboxylic acids is 1. The monoisotopic (exact) mass is 319 g/mol. The number of rotatable bonds is 7. The maximum absolute atomic E-state index is 11.8. The number of amides is 1. The van der Waals surface area contributed by atoms with Crippen LogP contribution in [0.5, 0.6) is 0 Å². The third-order valence-corrected chi connectivity index (χ3v) is 3.75. The molecule has 112 valence electrons. The lowest BCUT2D eigenvalue weighted by atomic mass is 10.2. The lowest BCUT2D eigenvalue weighted by molar-refractivity contribution is 0.0886. The molecular formula is C13H18ClNO4S. The normalized spacial score (nSPS) is 11.6. The van der Waals surface area contributed by atoms with Crippen LogP contribution in [0.25, 0.3) is 0 Å². The van der Waals surface area contributed by atoms with Crippen molar-refractivity contribution in [2.75, 3.05) is 19.8 Å². The number of carbonyl (C=O) groups is 1. The summed E-state index contributed by atoms with van der Waals surface area (Å²) in [5.74, 6) is 0.174. The molecule has 0 aliphatic rings. The Morgan fingerprint density at radius 3 is 2.40 bits per heavy atom. The van der Waals surface area contributed by atoms with Gasteiger partial charge in [0.1, 0.15) is 0 Å². The third kappa shape index (κ3) is 5.90. The topological polar surface area (TPSA) is 72.5 Å². The van der Waals surface area contributed by atoms with E-state index in [1.807, 2.05) is 13.8 Å². The van der Waals surface area contributed by atoms with Crippen LogP contribution in [0.4, 0.5) is 0 Å². The van der Waals surface area contributed by atoms with E-state index in [1.54, 1.807) is 0 Å². The zero-order valence-electron chi connectivity index (χ0n) is 11.4. The van der Waals surface area contributed by atoms with Gasteiger partial charge in [0.05, 0.1) is 11.5 Å². The van der Waals surface area contributed by atoms with Gasteiger partial charge in [-0.25, -0.2) is 8.42 Å². The number of nitrogens with one attached hydrogen (secondary N) is 1. The molecule has 0 heterocycles. The van der Waals surface area contributed by atoms with E-state index >= 15 is 0 Å². The number of halogens is 1. The molecule has 5 nitrogen and oxygen atoms in total. The Labute approximate surface area is 123 Å². The molecule has 20 heavy (non-hydrogen) atoms. The van der Waals surface area contributed by atoms with E-state index in [0.29, 0.717) is 31.2 Å². The van der Waals surface area contributed by atoms with E-state index < -0.39 is 9.05 Å². The first-order valence-corrected chi connectivity index (χ1v) is 8.52. The van der Waals surface area contributed by atoms with Crippen molar-refractivity contribution in [2.45, 2.75) is 18.7 Å². The van der Waals surface area contributed by atoms with Gasteiger partial charge in [-0.2, -0.15) is 0 Å². The van der Waals surface area contributed by atoms with Crippen LogP contribution in [-0.4, -0.2) is 34.1 Å². The van der Waals surface area contributed by atoms with Crippen molar-refractivity contribution in [3.8, 4) is 0 Å². The second kappa shape index (κ2) is 7.61. The summed E-state index contributed by atoms with van der Waals surface area (Å²) in [5, 5.41) is 2.68. The van der Waals surface area contributed by atoms with E-state index in [4.69, 9.17) is 15.4 Å². The summed E-state index contributed by atoms with van der Waals surface area (Å²) in [6.45, 7) is 5.59. The largest absolute Gasteiger partial charge is 0.379 e. The fourth-order valence-electron chi connectivity index (χ4n) is 1.43. The second-order valence-electron chi connectivity index (χ2n) is 4.69. The van der Waals surface area contributed by atoms with Gasteiger partial charge in [0, 0.05) is 29.4 Å². The van der Waals surface area contributed by atoms with Crippen LogP contribution in [0, 0.1) is 5.92 Å². The smallest absolute Gasteiger partial charge is 0.261 e. The fraction of sp³-hybridized carbons (Fsp3) is 0.462. The van der Waals surface area contributed by atoms with Crippen LogP contribution in [0.1, 0.15) is 24.2 Å². The third-order valence-electron chi connectivity index (χ3n) is 2.38. The second-order valence-corrected chi connectivity index (χ2v) is 7.25. The first-order valence-electron chi connectivity index (χ1n) is 6.21. The van der Waals surface area contributed by atoms with E-state index in [1.165, 1.54) is 24.3 Å². The minimum absolute atomic E-state index is 0.0315. The SMILES string of the molecule is CC(C)COCCNC(=O)c1ccc(S(=O)(=O)Cl)cc1. The highest BCUT2D eigenvalue weighted by atomic mass is 35.7. The van der Waals surface area contributed by atoms with Gasteiger partial charge in [-0.05, 0) is 30.2 Å². The molecule has 0 bridgehead atoms. The van der Waals surface area contributed by atoms with Crippen molar-refractivity contribution in [1.29, 1.82) is 0 Å². The summed E-state index contributed by atoms with van der Waals surface area (Å²) in [7, 11) is 1.43. The van der Waals surface area contributed by atoms with E-state index in [-0.39, 0.29) is 10.8 Å². The maximum Gasteiger partial charge on any atom is 0.261 e. The first-order chi connectivity index (χ1) is 9.30. The summed E-state index contributed by atoms with van der Waals surface area (Å²) in [5.41, 5.74) is 0.373. The van der Waals surface area contributed by atoms with Crippen LogP contribution >= 0.6 is 10.7 Å². The molecule has 0 fully saturated rings. The minimum atomic E-state index is -3.76. The average molecular weight is 320 g/mol. The van der Waals surface area contributed by atoms with Gasteiger partial charge < -0.3 is 10.1 Å². The number of ether oxygens (including phenoxy) is 1. The van der Waals surface area contributed by atoms with Crippen LogP contribution in [-0.2, 0) is 13.8 Å². The molecule has 0 aliphatic heterocycles. The molecule has 0 saturated carbocycles. The highest BCUT2D eigenvalue weighted by Gasteiger charge is 2.11. The van der Waals surface area contributed by atoms with E-state index in [0.717, 1.165) is 0 Å². The summed E-state index contributed by atoms with van der Waals surface area (Å²) < 4.78 is 27.5. The molecule has 0 unspecified atom stereocenters. The van der Waals surface area contributed by atoms with Crippen LogP contribution in [0.3, 0.4) is 0 Å². The molecule has 7 heteroatoms. The summed E-state index contributed by atoms with van der Waals surface area (Å²) in [6, 6.07) is 5.43. The van der Waals surface area contributed by atoms with E-state index in [9.17, 15) is 13.2 Å². The quantitative estimate of drug-likeness (QED) is 0.616. The molecular weight excluding hydrogens is 302 g/mol.